The molecule has 0 spiro atoms. The highest BCUT2D eigenvalue weighted by atomic mass is 35.5. The summed E-state index contributed by atoms with van der Waals surface area (Å²) in [5.41, 5.74) is 4.06. The lowest BCUT2D eigenvalue weighted by molar-refractivity contribution is 0.312. The Bertz CT molecular complexity index is 586. The first-order chi connectivity index (χ1) is 9.63. The topological polar surface area (TPSA) is 98.0 Å². The van der Waals surface area contributed by atoms with Gasteiger partial charge in [0, 0.05) is 0 Å². The highest BCUT2D eigenvalue weighted by Crippen LogP contribution is 2.28. The molecule has 2 rings (SSSR count). The summed E-state index contributed by atoms with van der Waals surface area (Å²) in [5.74, 6) is 5.83. The van der Waals surface area contributed by atoms with Gasteiger partial charge in [-0.1, -0.05) is 23.7 Å². The molecule has 0 saturated heterocycles. The number of aromatic nitrogens is 3. The number of nitrogens with one attached hydrogen (secondary N) is 2. The van der Waals surface area contributed by atoms with Crippen LogP contribution in [-0.2, 0) is 0 Å². The van der Waals surface area contributed by atoms with Crippen LogP contribution in [0, 0.1) is 6.92 Å². The molecule has 1 aromatic carbocycles. The Labute approximate surface area is 121 Å². The minimum atomic E-state index is 0.183. The van der Waals surface area contributed by atoms with Gasteiger partial charge in [0.15, 0.2) is 0 Å². The number of halogens is 1. The molecule has 0 fully saturated rings. The summed E-state index contributed by atoms with van der Waals surface area (Å²) in [6, 6.07) is 5.77. The maximum absolute atomic E-state index is 6.15. The predicted octanol–water partition coefficient (Wildman–Crippen LogP) is 2.26. The van der Waals surface area contributed by atoms with E-state index in [2.05, 4.69) is 25.7 Å². The largest absolute Gasteiger partial charge is 0.464 e. The molecule has 4 N–H and O–H groups in total. The van der Waals surface area contributed by atoms with Crippen molar-refractivity contribution in [2.75, 3.05) is 17.3 Å². The number of nitrogen functional groups attached to an aromatic ring is 1. The van der Waals surface area contributed by atoms with E-state index in [1.807, 2.05) is 26.0 Å². The van der Waals surface area contributed by atoms with Crippen LogP contribution in [0.15, 0.2) is 18.2 Å². The monoisotopic (exact) mass is 294 g/mol. The van der Waals surface area contributed by atoms with E-state index in [1.165, 1.54) is 0 Å². The average Bonchev–Trinajstić information content (AvgIpc) is 2.43. The van der Waals surface area contributed by atoms with E-state index in [4.69, 9.17) is 22.2 Å². The summed E-state index contributed by atoms with van der Waals surface area (Å²) in [6.45, 7) is 4.21. The minimum absolute atomic E-state index is 0.183. The lowest BCUT2D eigenvalue weighted by Crippen LogP contribution is -2.13. The third kappa shape index (κ3) is 3.25. The molecule has 106 valence electrons. The molecule has 7 nitrogen and oxygen atoms in total. The van der Waals surface area contributed by atoms with Gasteiger partial charge in [-0.15, -0.1) is 0 Å². The highest BCUT2D eigenvalue weighted by Gasteiger charge is 2.10. The van der Waals surface area contributed by atoms with Gasteiger partial charge >= 0.3 is 6.01 Å². The van der Waals surface area contributed by atoms with Crippen molar-refractivity contribution in [1.29, 1.82) is 0 Å². The third-order valence-electron chi connectivity index (χ3n) is 2.48. The van der Waals surface area contributed by atoms with Crippen LogP contribution in [0.5, 0.6) is 6.01 Å². The number of benzene rings is 1. The second-order valence-electron chi connectivity index (χ2n) is 3.90. The van der Waals surface area contributed by atoms with Crippen molar-refractivity contribution < 1.29 is 4.74 Å². The van der Waals surface area contributed by atoms with Crippen LogP contribution in [0.4, 0.5) is 17.6 Å². The van der Waals surface area contributed by atoms with Crippen molar-refractivity contribution in [3.05, 3.63) is 28.8 Å². The molecule has 0 bridgehead atoms. The van der Waals surface area contributed by atoms with Gasteiger partial charge < -0.3 is 10.1 Å². The Kier molecular flexibility index (Phi) is 4.54. The molecule has 0 aliphatic rings. The van der Waals surface area contributed by atoms with Crippen LogP contribution >= 0.6 is 11.6 Å². The first-order valence-corrected chi connectivity index (χ1v) is 6.39. The van der Waals surface area contributed by atoms with Crippen LogP contribution in [0.25, 0.3) is 0 Å². The van der Waals surface area contributed by atoms with Crippen LogP contribution in [0.1, 0.15) is 12.5 Å². The van der Waals surface area contributed by atoms with Crippen molar-refractivity contribution in [3.8, 4) is 6.01 Å². The first-order valence-electron chi connectivity index (χ1n) is 6.01. The second kappa shape index (κ2) is 6.36. The van der Waals surface area contributed by atoms with E-state index in [-0.39, 0.29) is 12.0 Å². The molecule has 0 unspecified atom stereocenters. The Balaban J connectivity index is 2.35. The molecule has 1 heterocycles. The molecule has 0 atom stereocenters. The van der Waals surface area contributed by atoms with Crippen molar-refractivity contribution in [2.45, 2.75) is 13.8 Å². The predicted molar refractivity (Wildman–Crippen MR) is 78.3 cm³/mol. The van der Waals surface area contributed by atoms with Crippen molar-refractivity contribution in [3.63, 3.8) is 0 Å². The Hall–Kier alpha value is -2.12. The normalized spacial score (nSPS) is 10.2. The molecule has 8 heteroatoms. The first kappa shape index (κ1) is 14.3. The van der Waals surface area contributed by atoms with Crippen LogP contribution in [0.2, 0.25) is 5.02 Å². The number of hydrogen-bond acceptors (Lipinski definition) is 7. The summed E-state index contributed by atoms with van der Waals surface area (Å²) in [6.07, 6.45) is 0. The smallest absolute Gasteiger partial charge is 0.323 e. The molecular formula is C12H15ClN6O. The van der Waals surface area contributed by atoms with Crippen molar-refractivity contribution in [1.82, 2.24) is 15.0 Å². The van der Waals surface area contributed by atoms with Crippen LogP contribution < -0.4 is 21.3 Å². The number of rotatable bonds is 5. The van der Waals surface area contributed by atoms with Gasteiger partial charge in [0.1, 0.15) is 0 Å². The number of nitrogens with zero attached hydrogens (tertiary/aromatic N) is 3. The molecule has 0 radical (unpaired) electrons. The van der Waals surface area contributed by atoms with E-state index in [9.17, 15) is 0 Å². The molecule has 1 aromatic heterocycles. The average molecular weight is 295 g/mol. The van der Waals surface area contributed by atoms with Crippen LogP contribution in [-0.4, -0.2) is 21.6 Å². The lowest BCUT2D eigenvalue weighted by atomic mass is 10.2. The van der Waals surface area contributed by atoms with Crippen LogP contribution in [0.3, 0.4) is 0 Å². The lowest BCUT2D eigenvalue weighted by Gasteiger charge is -2.11. The van der Waals surface area contributed by atoms with Gasteiger partial charge in [0.05, 0.1) is 17.3 Å². The fraction of sp³-hybridized carbons (Fsp3) is 0.250. The van der Waals surface area contributed by atoms with Gasteiger partial charge in [0.2, 0.25) is 11.9 Å². The van der Waals surface area contributed by atoms with E-state index in [1.54, 1.807) is 6.07 Å². The van der Waals surface area contributed by atoms with E-state index in [0.29, 0.717) is 17.6 Å². The number of para-hydroxylation sites is 1. The number of hydrazine groups is 1. The van der Waals surface area contributed by atoms with Gasteiger partial charge in [-0.2, -0.15) is 15.0 Å². The van der Waals surface area contributed by atoms with Gasteiger partial charge in [-0.25, -0.2) is 5.84 Å². The SMILES string of the molecule is CCOc1nc(NN)nc(Nc2c(C)cccc2Cl)n1. The number of ether oxygens (including phenoxy) is 1. The van der Waals surface area contributed by atoms with Gasteiger partial charge in [-0.05, 0) is 25.5 Å². The van der Waals surface area contributed by atoms with Gasteiger partial charge in [-0.3, -0.25) is 5.43 Å². The molecule has 0 saturated carbocycles. The number of nitrogens with two attached hydrogens (primary N) is 1. The Morgan fingerprint density at radius 3 is 2.65 bits per heavy atom. The third-order valence-corrected chi connectivity index (χ3v) is 2.79. The zero-order chi connectivity index (χ0) is 14.5. The maximum atomic E-state index is 6.15. The second-order valence-corrected chi connectivity index (χ2v) is 4.31. The molecule has 0 aliphatic carbocycles. The Morgan fingerprint density at radius 1 is 1.25 bits per heavy atom. The number of hydrogen-bond donors (Lipinski definition) is 3. The zero-order valence-electron chi connectivity index (χ0n) is 11.1. The van der Waals surface area contributed by atoms with Crippen molar-refractivity contribution >= 4 is 29.2 Å². The zero-order valence-corrected chi connectivity index (χ0v) is 11.9. The fourth-order valence-corrected chi connectivity index (χ4v) is 1.84. The number of anilines is 3. The molecule has 20 heavy (non-hydrogen) atoms. The maximum Gasteiger partial charge on any atom is 0.323 e. The highest BCUT2D eigenvalue weighted by molar-refractivity contribution is 6.33. The van der Waals surface area contributed by atoms with E-state index >= 15 is 0 Å². The standard InChI is InChI=1S/C12H15ClN6O/c1-3-20-12-17-10(16-11(18-12)19-14)15-9-7(2)5-4-6-8(9)13/h4-6H,3,14H2,1-2H3,(H2,15,16,17,18,19). The Morgan fingerprint density at radius 2 is 2.00 bits per heavy atom. The van der Waals surface area contributed by atoms with E-state index < -0.39 is 0 Å². The van der Waals surface area contributed by atoms with Gasteiger partial charge in [0.25, 0.3) is 0 Å². The number of aryl methyl sites for hydroxylation is 1. The summed E-state index contributed by atoms with van der Waals surface area (Å²) < 4.78 is 5.26. The quantitative estimate of drug-likeness (QED) is 0.574. The summed E-state index contributed by atoms with van der Waals surface area (Å²) in [5, 5.41) is 3.62. The summed E-state index contributed by atoms with van der Waals surface area (Å²) in [7, 11) is 0. The fourth-order valence-electron chi connectivity index (χ4n) is 1.57. The van der Waals surface area contributed by atoms with Crippen molar-refractivity contribution in [2.24, 2.45) is 5.84 Å². The minimum Gasteiger partial charge on any atom is -0.464 e. The van der Waals surface area contributed by atoms with E-state index in [0.717, 1.165) is 11.3 Å². The molecule has 0 aliphatic heterocycles. The summed E-state index contributed by atoms with van der Waals surface area (Å²) in [4.78, 5) is 12.2. The summed E-state index contributed by atoms with van der Waals surface area (Å²) >= 11 is 6.15. The molecule has 0 amide bonds. The molecular weight excluding hydrogens is 280 g/mol. The molecule has 2 aromatic rings.